The number of carbonyl (C=O) groups is 1. The molecule has 4 rings (SSSR count). The predicted octanol–water partition coefficient (Wildman–Crippen LogP) is 2.79. The Bertz CT molecular complexity index is 824. The standard InChI is InChI=1S/C18H19F3N4O/c1-23-8-12-9-24(17(26)15-5-6-25(22-15)18(20)21)10-14(12)16(23)11-3-2-4-13(19)7-11/h2-7,12,14,16,18H,8-10H2,1H3/t12-,14+,16-/m0/s1. The maximum absolute atomic E-state index is 13.6. The van der Waals surface area contributed by atoms with Gasteiger partial charge in [0.15, 0.2) is 5.69 Å². The number of nitrogens with zero attached hydrogens (tertiary/aromatic N) is 4. The lowest BCUT2D eigenvalue weighted by Gasteiger charge is -2.26. The van der Waals surface area contributed by atoms with Gasteiger partial charge in [0, 0.05) is 37.8 Å². The molecule has 8 heteroatoms. The number of benzene rings is 1. The van der Waals surface area contributed by atoms with Crippen LogP contribution in [0.1, 0.15) is 28.6 Å². The van der Waals surface area contributed by atoms with E-state index >= 15 is 0 Å². The molecular formula is C18H19F3N4O. The van der Waals surface area contributed by atoms with E-state index in [2.05, 4.69) is 10.00 Å². The molecule has 0 radical (unpaired) electrons. The second kappa shape index (κ2) is 6.42. The van der Waals surface area contributed by atoms with Gasteiger partial charge in [-0.25, -0.2) is 9.07 Å². The van der Waals surface area contributed by atoms with Crippen molar-refractivity contribution in [2.75, 3.05) is 26.7 Å². The average Bonchev–Trinajstić information content (AvgIpc) is 3.27. The number of aromatic nitrogens is 2. The Morgan fingerprint density at radius 3 is 2.73 bits per heavy atom. The Balaban J connectivity index is 1.53. The number of carbonyl (C=O) groups excluding carboxylic acids is 1. The van der Waals surface area contributed by atoms with Crippen molar-refractivity contribution in [2.24, 2.45) is 11.8 Å². The summed E-state index contributed by atoms with van der Waals surface area (Å²) in [5, 5.41) is 3.67. The lowest BCUT2D eigenvalue weighted by Crippen LogP contribution is -2.33. The van der Waals surface area contributed by atoms with Crippen molar-refractivity contribution in [3.8, 4) is 0 Å². The van der Waals surface area contributed by atoms with E-state index < -0.39 is 6.55 Å². The van der Waals surface area contributed by atoms with E-state index in [1.54, 1.807) is 17.0 Å². The lowest BCUT2D eigenvalue weighted by molar-refractivity contribution is 0.0552. The van der Waals surface area contributed by atoms with Crippen LogP contribution < -0.4 is 0 Å². The zero-order valence-corrected chi connectivity index (χ0v) is 14.2. The third-order valence-corrected chi connectivity index (χ3v) is 5.40. The van der Waals surface area contributed by atoms with Gasteiger partial charge in [-0.3, -0.25) is 9.69 Å². The summed E-state index contributed by atoms with van der Waals surface area (Å²) in [6.45, 7) is -0.890. The van der Waals surface area contributed by atoms with Gasteiger partial charge in [-0.05, 0) is 36.7 Å². The second-order valence-corrected chi connectivity index (χ2v) is 7.03. The van der Waals surface area contributed by atoms with Crippen molar-refractivity contribution < 1.29 is 18.0 Å². The summed E-state index contributed by atoms with van der Waals surface area (Å²) in [6.07, 6.45) is 1.11. The fourth-order valence-electron chi connectivity index (χ4n) is 4.34. The van der Waals surface area contributed by atoms with Crippen LogP contribution in [0.3, 0.4) is 0 Å². The van der Waals surface area contributed by atoms with Gasteiger partial charge in [0.2, 0.25) is 0 Å². The molecular weight excluding hydrogens is 345 g/mol. The van der Waals surface area contributed by atoms with E-state index in [-0.39, 0.29) is 35.3 Å². The quantitative estimate of drug-likeness (QED) is 0.841. The number of halogens is 3. The Morgan fingerprint density at radius 2 is 2.04 bits per heavy atom. The van der Waals surface area contributed by atoms with Crippen molar-refractivity contribution in [3.63, 3.8) is 0 Å². The molecule has 138 valence electrons. The van der Waals surface area contributed by atoms with Crippen LogP contribution in [0, 0.1) is 17.7 Å². The Morgan fingerprint density at radius 1 is 1.23 bits per heavy atom. The SMILES string of the molecule is CN1C[C@H]2CN(C(=O)c3ccn(C(F)F)n3)C[C@H]2[C@@H]1c1cccc(F)c1. The first-order chi connectivity index (χ1) is 12.4. The number of rotatable bonds is 3. The molecule has 2 fully saturated rings. The minimum Gasteiger partial charge on any atom is -0.337 e. The van der Waals surface area contributed by atoms with Gasteiger partial charge in [0.25, 0.3) is 5.91 Å². The van der Waals surface area contributed by atoms with Crippen LogP contribution in [0.5, 0.6) is 0 Å². The molecule has 1 amide bonds. The van der Waals surface area contributed by atoms with Crippen LogP contribution >= 0.6 is 0 Å². The molecule has 2 aliphatic rings. The van der Waals surface area contributed by atoms with Gasteiger partial charge in [0.1, 0.15) is 5.82 Å². The van der Waals surface area contributed by atoms with E-state index in [1.807, 2.05) is 13.1 Å². The summed E-state index contributed by atoms with van der Waals surface area (Å²) >= 11 is 0. The van der Waals surface area contributed by atoms with E-state index in [1.165, 1.54) is 12.1 Å². The highest BCUT2D eigenvalue weighted by atomic mass is 19.3. The van der Waals surface area contributed by atoms with Crippen molar-refractivity contribution in [1.82, 2.24) is 19.6 Å². The molecule has 0 N–H and O–H groups in total. The molecule has 0 aliphatic carbocycles. The van der Waals surface area contributed by atoms with E-state index in [4.69, 9.17) is 0 Å². The van der Waals surface area contributed by atoms with E-state index in [9.17, 15) is 18.0 Å². The van der Waals surface area contributed by atoms with Crippen LogP contribution in [0.25, 0.3) is 0 Å². The van der Waals surface area contributed by atoms with E-state index in [0.717, 1.165) is 18.3 Å². The zero-order chi connectivity index (χ0) is 18.4. The molecule has 3 atom stereocenters. The van der Waals surface area contributed by atoms with Crippen LogP contribution in [-0.2, 0) is 0 Å². The number of alkyl halides is 2. The molecule has 0 bridgehead atoms. The van der Waals surface area contributed by atoms with Gasteiger partial charge in [-0.15, -0.1) is 0 Å². The first-order valence-electron chi connectivity index (χ1n) is 8.52. The van der Waals surface area contributed by atoms with Crippen LogP contribution in [-0.4, -0.2) is 52.2 Å². The monoisotopic (exact) mass is 364 g/mol. The third kappa shape index (κ3) is 2.88. The maximum Gasteiger partial charge on any atom is 0.333 e. The zero-order valence-electron chi connectivity index (χ0n) is 14.2. The molecule has 2 saturated heterocycles. The average molecular weight is 364 g/mol. The highest BCUT2D eigenvalue weighted by molar-refractivity contribution is 5.92. The molecule has 0 unspecified atom stereocenters. The number of hydrogen-bond acceptors (Lipinski definition) is 3. The van der Waals surface area contributed by atoms with E-state index in [0.29, 0.717) is 17.8 Å². The first-order valence-corrected chi connectivity index (χ1v) is 8.52. The molecule has 3 heterocycles. The molecule has 0 spiro atoms. The lowest BCUT2D eigenvalue weighted by atomic mass is 9.89. The third-order valence-electron chi connectivity index (χ3n) is 5.40. The first kappa shape index (κ1) is 17.1. The van der Waals surface area contributed by atoms with Crippen molar-refractivity contribution in [3.05, 3.63) is 53.6 Å². The van der Waals surface area contributed by atoms with Crippen LogP contribution in [0.2, 0.25) is 0 Å². The fraction of sp³-hybridized carbons (Fsp3) is 0.444. The summed E-state index contributed by atoms with van der Waals surface area (Å²) in [4.78, 5) is 16.5. The molecule has 1 aromatic carbocycles. The summed E-state index contributed by atoms with van der Waals surface area (Å²) < 4.78 is 39.4. The van der Waals surface area contributed by atoms with Gasteiger partial charge in [0.05, 0.1) is 0 Å². The molecule has 26 heavy (non-hydrogen) atoms. The minimum atomic E-state index is -2.76. The van der Waals surface area contributed by atoms with Gasteiger partial charge < -0.3 is 4.90 Å². The smallest absolute Gasteiger partial charge is 0.333 e. The largest absolute Gasteiger partial charge is 0.337 e. The maximum atomic E-state index is 13.6. The van der Waals surface area contributed by atoms with Crippen LogP contribution in [0.15, 0.2) is 36.5 Å². The Labute approximate surface area is 149 Å². The highest BCUT2D eigenvalue weighted by Crippen LogP contribution is 2.44. The summed E-state index contributed by atoms with van der Waals surface area (Å²) in [5.74, 6) is -0.153. The summed E-state index contributed by atoms with van der Waals surface area (Å²) in [6, 6.07) is 7.91. The second-order valence-electron chi connectivity index (χ2n) is 7.03. The van der Waals surface area contributed by atoms with Gasteiger partial charge >= 0.3 is 6.55 Å². The predicted molar refractivity (Wildman–Crippen MR) is 88.1 cm³/mol. The van der Waals surface area contributed by atoms with Crippen molar-refractivity contribution in [2.45, 2.75) is 12.6 Å². The molecule has 2 aliphatic heterocycles. The summed E-state index contributed by atoms with van der Waals surface area (Å²) in [5.41, 5.74) is 0.928. The normalized spacial score (nSPS) is 25.9. The number of likely N-dealkylation sites (tertiary alicyclic amines) is 2. The highest BCUT2D eigenvalue weighted by Gasteiger charge is 2.47. The Kier molecular flexibility index (Phi) is 4.22. The topological polar surface area (TPSA) is 41.4 Å². The molecule has 2 aromatic rings. The number of hydrogen-bond donors (Lipinski definition) is 0. The molecule has 1 aromatic heterocycles. The summed E-state index contributed by atoms with van der Waals surface area (Å²) in [7, 11) is 2.00. The minimum absolute atomic E-state index is 0.0286. The van der Waals surface area contributed by atoms with Gasteiger partial charge in [-0.2, -0.15) is 13.9 Å². The van der Waals surface area contributed by atoms with Crippen LogP contribution in [0.4, 0.5) is 13.2 Å². The molecule has 5 nitrogen and oxygen atoms in total. The Hall–Kier alpha value is -2.35. The van der Waals surface area contributed by atoms with Crippen molar-refractivity contribution in [1.29, 1.82) is 0 Å². The number of amides is 1. The number of fused-ring (bicyclic) bond motifs is 1. The fourth-order valence-corrected chi connectivity index (χ4v) is 4.34. The van der Waals surface area contributed by atoms with Crippen molar-refractivity contribution >= 4 is 5.91 Å². The van der Waals surface area contributed by atoms with Gasteiger partial charge in [-0.1, -0.05) is 12.1 Å². The molecule has 0 saturated carbocycles.